The van der Waals surface area contributed by atoms with Gasteiger partial charge in [-0.1, -0.05) is 30.0 Å². The number of pyridine rings is 1. The molecule has 23 heavy (non-hydrogen) atoms. The first-order valence-electron chi connectivity index (χ1n) is 7.30. The van der Waals surface area contributed by atoms with E-state index in [0.29, 0.717) is 5.75 Å². The Balaban J connectivity index is 1.70. The van der Waals surface area contributed by atoms with Crippen LogP contribution in [0.15, 0.2) is 59.9 Å². The molecule has 0 unspecified atom stereocenters. The van der Waals surface area contributed by atoms with Crippen LogP contribution >= 0.6 is 11.8 Å². The summed E-state index contributed by atoms with van der Waals surface area (Å²) in [5.41, 5.74) is 3.80. The zero-order chi connectivity index (χ0) is 15.8. The SMILES string of the molecule is Cn1c(SCc2cc(F)cc3cccnc23)nc2ccccc21. The second kappa shape index (κ2) is 5.66. The summed E-state index contributed by atoms with van der Waals surface area (Å²) in [5, 5.41) is 1.74. The van der Waals surface area contributed by atoms with Crippen LogP contribution in [0, 0.1) is 5.82 Å². The molecule has 2 aromatic carbocycles. The van der Waals surface area contributed by atoms with Gasteiger partial charge >= 0.3 is 0 Å². The standard InChI is InChI=1S/C18H14FN3S/c1-22-16-7-3-2-6-15(16)21-18(22)23-11-13-10-14(19)9-12-5-4-8-20-17(12)13/h2-10H,11H2,1H3. The van der Waals surface area contributed by atoms with E-state index >= 15 is 0 Å². The molecule has 2 heterocycles. The molecule has 0 saturated heterocycles. The summed E-state index contributed by atoms with van der Waals surface area (Å²) in [7, 11) is 2.00. The molecule has 0 aliphatic carbocycles. The number of rotatable bonds is 3. The fraction of sp³-hybridized carbons (Fsp3) is 0.111. The average molecular weight is 323 g/mol. The van der Waals surface area contributed by atoms with E-state index in [9.17, 15) is 4.39 Å². The number of aryl methyl sites for hydroxylation is 1. The molecule has 4 aromatic rings. The van der Waals surface area contributed by atoms with Crippen molar-refractivity contribution in [1.29, 1.82) is 0 Å². The van der Waals surface area contributed by atoms with Gasteiger partial charge in [0, 0.05) is 24.4 Å². The van der Waals surface area contributed by atoms with Crippen molar-refractivity contribution in [1.82, 2.24) is 14.5 Å². The molecule has 0 radical (unpaired) electrons. The number of fused-ring (bicyclic) bond motifs is 2. The summed E-state index contributed by atoms with van der Waals surface area (Å²) in [5.74, 6) is 0.397. The van der Waals surface area contributed by atoms with Crippen molar-refractivity contribution in [3.63, 3.8) is 0 Å². The van der Waals surface area contributed by atoms with Crippen molar-refractivity contribution in [2.24, 2.45) is 7.05 Å². The predicted molar refractivity (Wildman–Crippen MR) is 92.0 cm³/mol. The van der Waals surface area contributed by atoms with E-state index in [-0.39, 0.29) is 5.82 Å². The topological polar surface area (TPSA) is 30.7 Å². The Bertz CT molecular complexity index is 1010. The number of aromatic nitrogens is 3. The van der Waals surface area contributed by atoms with Crippen LogP contribution in [0.25, 0.3) is 21.9 Å². The quantitative estimate of drug-likeness (QED) is 0.518. The van der Waals surface area contributed by atoms with Gasteiger partial charge in [0.1, 0.15) is 5.82 Å². The maximum absolute atomic E-state index is 13.8. The van der Waals surface area contributed by atoms with Gasteiger partial charge in [-0.05, 0) is 35.9 Å². The number of imidazole rings is 1. The van der Waals surface area contributed by atoms with Gasteiger partial charge in [0.25, 0.3) is 0 Å². The predicted octanol–water partition coefficient (Wildman–Crippen LogP) is 4.55. The van der Waals surface area contributed by atoms with Crippen molar-refractivity contribution >= 4 is 33.7 Å². The summed E-state index contributed by atoms with van der Waals surface area (Å²) in [4.78, 5) is 9.03. The molecule has 0 amide bonds. The minimum Gasteiger partial charge on any atom is -0.322 e. The first kappa shape index (κ1) is 14.2. The lowest BCUT2D eigenvalue weighted by molar-refractivity contribution is 0.628. The lowest BCUT2D eigenvalue weighted by Crippen LogP contribution is -1.93. The maximum Gasteiger partial charge on any atom is 0.169 e. The number of nitrogens with zero attached hydrogens (tertiary/aromatic N) is 3. The van der Waals surface area contributed by atoms with Gasteiger partial charge in [0.2, 0.25) is 0 Å². The summed E-state index contributed by atoms with van der Waals surface area (Å²) < 4.78 is 15.9. The Morgan fingerprint density at radius 1 is 1.13 bits per heavy atom. The van der Waals surface area contributed by atoms with E-state index in [1.54, 1.807) is 24.0 Å². The van der Waals surface area contributed by atoms with Gasteiger partial charge in [0.05, 0.1) is 16.6 Å². The van der Waals surface area contributed by atoms with Crippen molar-refractivity contribution in [2.75, 3.05) is 0 Å². The zero-order valence-electron chi connectivity index (χ0n) is 12.5. The first-order chi connectivity index (χ1) is 11.2. The number of para-hydroxylation sites is 2. The van der Waals surface area contributed by atoms with Gasteiger partial charge in [-0.3, -0.25) is 4.98 Å². The number of hydrogen-bond acceptors (Lipinski definition) is 3. The Morgan fingerprint density at radius 2 is 2.00 bits per heavy atom. The van der Waals surface area contributed by atoms with E-state index in [2.05, 4.69) is 14.5 Å². The van der Waals surface area contributed by atoms with Crippen LogP contribution in [0.5, 0.6) is 0 Å². The molecule has 114 valence electrons. The number of benzene rings is 2. The minimum atomic E-state index is -0.230. The van der Waals surface area contributed by atoms with Gasteiger partial charge in [0.15, 0.2) is 5.16 Å². The monoisotopic (exact) mass is 323 g/mol. The zero-order valence-corrected chi connectivity index (χ0v) is 13.3. The number of thioether (sulfide) groups is 1. The molecule has 3 nitrogen and oxygen atoms in total. The van der Waals surface area contributed by atoms with Crippen LogP contribution in [0.4, 0.5) is 4.39 Å². The third kappa shape index (κ3) is 2.57. The molecule has 5 heteroatoms. The molecule has 0 N–H and O–H groups in total. The molecule has 0 aliphatic heterocycles. The summed E-state index contributed by atoms with van der Waals surface area (Å²) in [6.45, 7) is 0. The molecule has 0 fully saturated rings. The molecule has 0 spiro atoms. The van der Waals surface area contributed by atoms with E-state index in [0.717, 1.165) is 32.7 Å². The molecule has 0 aliphatic rings. The second-order valence-electron chi connectivity index (χ2n) is 5.37. The highest BCUT2D eigenvalue weighted by Gasteiger charge is 2.10. The van der Waals surface area contributed by atoms with Crippen molar-refractivity contribution in [3.8, 4) is 0 Å². The normalized spacial score (nSPS) is 11.4. The van der Waals surface area contributed by atoms with Crippen LogP contribution in [0.3, 0.4) is 0 Å². The summed E-state index contributed by atoms with van der Waals surface area (Å²) in [6, 6.07) is 14.8. The van der Waals surface area contributed by atoms with Crippen LogP contribution in [0.1, 0.15) is 5.56 Å². The Hall–Kier alpha value is -2.40. The van der Waals surface area contributed by atoms with E-state index in [1.807, 2.05) is 43.4 Å². The fourth-order valence-electron chi connectivity index (χ4n) is 2.73. The Kier molecular flexibility index (Phi) is 3.50. The van der Waals surface area contributed by atoms with Crippen molar-refractivity contribution in [2.45, 2.75) is 10.9 Å². The highest BCUT2D eigenvalue weighted by molar-refractivity contribution is 7.98. The van der Waals surface area contributed by atoms with E-state index in [1.165, 1.54) is 6.07 Å². The van der Waals surface area contributed by atoms with E-state index < -0.39 is 0 Å². The van der Waals surface area contributed by atoms with E-state index in [4.69, 9.17) is 0 Å². The van der Waals surface area contributed by atoms with Gasteiger partial charge in [-0.2, -0.15) is 0 Å². The highest BCUT2D eigenvalue weighted by atomic mass is 32.2. The fourth-order valence-corrected chi connectivity index (χ4v) is 3.69. The molecule has 4 rings (SSSR count). The van der Waals surface area contributed by atoms with Crippen LogP contribution in [-0.4, -0.2) is 14.5 Å². The second-order valence-corrected chi connectivity index (χ2v) is 6.31. The maximum atomic E-state index is 13.8. The molecule has 0 bridgehead atoms. The Labute approximate surface area is 137 Å². The third-order valence-electron chi connectivity index (χ3n) is 3.85. The average Bonchev–Trinajstić information content (AvgIpc) is 2.89. The molecule has 0 saturated carbocycles. The van der Waals surface area contributed by atoms with Crippen LogP contribution in [0.2, 0.25) is 0 Å². The number of hydrogen-bond donors (Lipinski definition) is 0. The molecule has 2 aromatic heterocycles. The smallest absolute Gasteiger partial charge is 0.169 e. The first-order valence-corrected chi connectivity index (χ1v) is 8.28. The van der Waals surface area contributed by atoms with Crippen LogP contribution < -0.4 is 0 Å². The molecular weight excluding hydrogens is 309 g/mol. The largest absolute Gasteiger partial charge is 0.322 e. The molecule has 0 atom stereocenters. The summed E-state index contributed by atoms with van der Waals surface area (Å²) in [6.07, 6.45) is 1.74. The minimum absolute atomic E-state index is 0.230. The van der Waals surface area contributed by atoms with Crippen molar-refractivity contribution < 1.29 is 4.39 Å². The van der Waals surface area contributed by atoms with Crippen molar-refractivity contribution in [3.05, 3.63) is 66.1 Å². The van der Waals surface area contributed by atoms with Gasteiger partial charge in [-0.25, -0.2) is 9.37 Å². The highest BCUT2D eigenvalue weighted by Crippen LogP contribution is 2.28. The Morgan fingerprint density at radius 3 is 2.87 bits per heavy atom. The lowest BCUT2D eigenvalue weighted by atomic mass is 10.1. The van der Waals surface area contributed by atoms with Gasteiger partial charge < -0.3 is 4.57 Å². The third-order valence-corrected chi connectivity index (χ3v) is 4.93. The molecular formula is C18H14FN3S. The number of halogens is 1. The van der Waals surface area contributed by atoms with Gasteiger partial charge in [-0.15, -0.1) is 0 Å². The summed E-state index contributed by atoms with van der Waals surface area (Å²) >= 11 is 1.59. The van der Waals surface area contributed by atoms with Crippen LogP contribution in [-0.2, 0) is 12.8 Å². The lowest BCUT2D eigenvalue weighted by Gasteiger charge is -2.06.